The summed E-state index contributed by atoms with van der Waals surface area (Å²) in [4.78, 5) is 0. The van der Waals surface area contributed by atoms with Crippen LogP contribution in [-0.2, 0) is 0 Å². The van der Waals surface area contributed by atoms with E-state index < -0.39 is 16.3 Å². The van der Waals surface area contributed by atoms with Crippen molar-refractivity contribution in [2.75, 3.05) is 0 Å². The standard InChI is InChI=1S/5ClH.H3N.Pb/h5*1H;1H3;/q;;;;;;+4/p-4. The van der Waals surface area contributed by atoms with Crippen molar-refractivity contribution in [2.45, 2.75) is 0 Å². The van der Waals surface area contributed by atoms with Crippen molar-refractivity contribution < 1.29 is 12.4 Å². The second-order valence-corrected chi connectivity index (χ2v) is 33.8. The predicted octanol–water partition coefficient (Wildman–Crippen LogP) is -0.243. The Bertz CT molecular complexity index is 23.6. The van der Waals surface area contributed by atoms with Gasteiger partial charge in [0.1, 0.15) is 0 Å². The quantitative estimate of drug-likeness (QED) is 0.543. The molecule has 0 aliphatic carbocycles. The second-order valence-electron chi connectivity index (χ2n) is 0.429. The molecular weight excluding hydrogens is 398 g/mol. The molecule has 0 aromatic carbocycles. The van der Waals surface area contributed by atoms with Gasteiger partial charge in [0, 0.05) is 0 Å². The Hall–Kier alpha value is 2.33. The maximum atomic E-state index is 5.05. The van der Waals surface area contributed by atoms with E-state index in [0.717, 1.165) is 0 Å². The Kier molecular flexibility index (Phi) is 14.9. The minimum Gasteiger partial charge on any atom is -0.369 e. The maximum absolute atomic E-state index is 5.05. The molecule has 0 spiro atoms. The first-order chi connectivity index (χ1) is 2.00. The summed E-state index contributed by atoms with van der Waals surface area (Å²) in [6, 6.07) is 0. The van der Waals surface area contributed by atoms with Gasteiger partial charge in [0.15, 0.2) is 0 Å². The molecule has 0 aromatic heterocycles. The van der Waals surface area contributed by atoms with Gasteiger partial charge < -0.3 is 18.6 Å². The Morgan fingerprint density at radius 3 is 0.857 bits per heavy atom. The van der Waals surface area contributed by atoms with Crippen LogP contribution in [0.3, 0.4) is 0 Å². The fourth-order valence-corrected chi connectivity index (χ4v) is 0. The van der Waals surface area contributed by atoms with E-state index in [1.54, 1.807) is 0 Å². The summed E-state index contributed by atoms with van der Waals surface area (Å²) in [6.45, 7) is 0. The van der Waals surface area contributed by atoms with Crippen LogP contribution < -0.4 is 18.6 Å². The Balaban J connectivity index is -0.0000000800. The second kappa shape index (κ2) is 6.45. The number of halogens is 5. The van der Waals surface area contributed by atoms with Crippen molar-refractivity contribution in [1.82, 2.24) is 6.15 Å². The predicted molar refractivity (Wildman–Crippen MR) is 35.2 cm³/mol. The first-order valence-electron chi connectivity index (χ1n) is 0.756. The van der Waals surface area contributed by atoms with Crippen LogP contribution in [0, 0.1) is 0 Å². The number of hydrogen-bond acceptors (Lipinski definition) is 0. The molecule has 0 saturated carbocycles. The first kappa shape index (κ1) is 16.2. The van der Waals surface area contributed by atoms with E-state index in [4.69, 9.17) is 33.3 Å². The molecule has 48 valence electrons. The van der Waals surface area contributed by atoms with Crippen molar-refractivity contribution in [3.05, 3.63) is 0 Å². The smallest absolute Gasteiger partial charge is 0.369 e. The maximum Gasteiger partial charge on any atom is -0.369 e. The zero-order chi connectivity index (χ0) is 4.50. The summed E-state index contributed by atoms with van der Waals surface area (Å²) in [6.07, 6.45) is 0. The molecule has 0 heterocycles. The van der Waals surface area contributed by atoms with E-state index in [0.29, 0.717) is 0 Å². The van der Waals surface area contributed by atoms with Crippen molar-refractivity contribution in [3.8, 4) is 0 Å². The van der Waals surface area contributed by atoms with Crippen LogP contribution in [0.5, 0.6) is 0 Å². The average Bonchev–Trinajstić information content (AvgIpc) is 0.722. The van der Waals surface area contributed by atoms with E-state index in [-0.39, 0.29) is 18.6 Å². The van der Waals surface area contributed by atoms with E-state index in [1.165, 1.54) is 0 Å². The van der Waals surface area contributed by atoms with Gasteiger partial charge in [0.2, 0.25) is 0 Å². The van der Waals surface area contributed by atoms with Gasteiger partial charge in [-0.15, -0.1) is 0 Å². The van der Waals surface area contributed by atoms with Crippen LogP contribution in [0.25, 0.3) is 0 Å². The van der Waals surface area contributed by atoms with Gasteiger partial charge in [-0.25, -0.2) is 0 Å². The van der Waals surface area contributed by atoms with Crippen molar-refractivity contribution >= 4 is 49.5 Å². The minimum absolute atomic E-state index is 0. The van der Waals surface area contributed by atoms with Gasteiger partial charge in [0.25, 0.3) is 0 Å². The monoisotopic (exact) mass is 401 g/mol. The first-order valence-corrected chi connectivity index (χ1v) is 19.9. The minimum atomic E-state index is -3.39. The van der Waals surface area contributed by atoms with Crippen LogP contribution in [0.1, 0.15) is 0 Å². The van der Waals surface area contributed by atoms with Crippen LogP contribution in [0.4, 0.5) is 0 Å². The van der Waals surface area contributed by atoms with E-state index in [1.807, 2.05) is 0 Å². The summed E-state index contributed by atoms with van der Waals surface area (Å²) in [5.74, 6) is 0. The molecule has 7 heavy (non-hydrogen) atoms. The fraction of sp³-hybridized carbons (Fsp3) is 0. The van der Waals surface area contributed by atoms with Gasteiger partial charge in [-0.3, -0.25) is 0 Å². The third kappa shape index (κ3) is 61.4. The van der Waals surface area contributed by atoms with Gasteiger partial charge in [-0.2, -0.15) is 0 Å². The van der Waals surface area contributed by atoms with Gasteiger partial charge >= 0.3 is 49.5 Å². The Morgan fingerprint density at radius 2 is 0.857 bits per heavy atom. The zero-order valence-corrected chi connectivity index (χ0v) is 11.1. The normalized spacial score (nSPS) is 8.57. The fourth-order valence-electron chi connectivity index (χ4n) is 0. The van der Waals surface area contributed by atoms with Crippen molar-refractivity contribution in [2.24, 2.45) is 0 Å². The third-order valence-corrected chi connectivity index (χ3v) is 0. The van der Waals surface area contributed by atoms with E-state index >= 15 is 0 Å². The summed E-state index contributed by atoms with van der Waals surface area (Å²) in [5.41, 5.74) is 0. The molecule has 0 unspecified atom stereocenters. The summed E-state index contributed by atoms with van der Waals surface area (Å²) >= 11 is -3.39. The molecule has 0 aliphatic rings. The third-order valence-electron chi connectivity index (χ3n) is 0. The molecule has 0 rings (SSSR count). The number of hydrogen-bond donors (Lipinski definition) is 1. The zero-order valence-electron chi connectivity index (χ0n) is 3.39. The molecular formula is H4Cl5NPb. The molecule has 0 atom stereocenters. The van der Waals surface area contributed by atoms with Gasteiger partial charge in [0.05, 0.1) is 0 Å². The van der Waals surface area contributed by atoms with Crippen LogP contribution in [-0.4, -0.2) is 16.3 Å². The summed E-state index contributed by atoms with van der Waals surface area (Å²) in [7, 11) is 20.2. The average molecular weight is 403 g/mol. The number of quaternary nitrogens is 1. The topological polar surface area (TPSA) is 36.5 Å². The van der Waals surface area contributed by atoms with E-state index in [9.17, 15) is 0 Å². The van der Waals surface area contributed by atoms with Crippen molar-refractivity contribution in [1.29, 1.82) is 0 Å². The molecule has 0 aliphatic heterocycles. The molecule has 0 radical (unpaired) electrons. The van der Waals surface area contributed by atoms with E-state index in [2.05, 4.69) is 0 Å². The molecule has 0 aromatic rings. The van der Waals surface area contributed by atoms with Crippen molar-refractivity contribution in [3.63, 3.8) is 0 Å². The summed E-state index contributed by atoms with van der Waals surface area (Å²) in [5, 5.41) is 0. The molecule has 1 nitrogen and oxygen atoms in total. The molecule has 0 bridgehead atoms. The molecule has 4 N–H and O–H groups in total. The summed E-state index contributed by atoms with van der Waals surface area (Å²) < 4.78 is 0. The SMILES string of the molecule is [Cl-].[Cl][Pb]([Cl])([Cl])[Cl].[NH4+]. The molecule has 0 fully saturated rings. The Labute approximate surface area is 67.2 Å². The van der Waals surface area contributed by atoms with Crippen LogP contribution >= 0.6 is 33.3 Å². The van der Waals surface area contributed by atoms with Gasteiger partial charge in [-0.1, -0.05) is 0 Å². The number of rotatable bonds is 0. The molecule has 7 heteroatoms. The molecule has 0 saturated heterocycles. The largest absolute Gasteiger partial charge is 0.369 e. The molecule has 0 amide bonds. The van der Waals surface area contributed by atoms with Gasteiger partial charge in [-0.05, 0) is 0 Å². The van der Waals surface area contributed by atoms with Crippen LogP contribution in [0.2, 0.25) is 0 Å². The van der Waals surface area contributed by atoms with Crippen LogP contribution in [0.15, 0.2) is 0 Å². The Morgan fingerprint density at radius 1 is 0.857 bits per heavy atom.